The van der Waals surface area contributed by atoms with Crippen LogP contribution in [-0.2, 0) is 5.11 Å². The summed E-state index contributed by atoms with van der Waals surface area (Å²) in [4.78, 5) is 0. The molecule has 0 saturated heterocycles. The predicted octanol–water partition coefficient (Wildman–Crippen LogP) is 0.257. The molecule has 10 heavy (non-hydrogen) atoms. The maximum Gasteiger partial charge on any atom is 0.0925 e. The average Bonchev–Trinajstić information content (AvgIpc) is 1.88. The Morgan fingerprint density at radius 3 is 2.40 bits per heavy atom. The van der Waals surface area contributed by atoms with E-state index in [0.717, 1.165) is 0 Å². The van der Waals surface area contributed by atoms with Crippen LogP contribution in [0, 0.1) is 0 Å². The van der Waals surface area contributed by atoms with Gasteiger partial charge in [-0.25, -0.2) is 5.11 Å². The molecule has 0 aliphatic heterocycles. The van der Waals surface area contributed by atoms with E-state index in [1.807, 2.05) is 30.3 Å². The summed E-state index contributed by atoms with van der Waals surface area (Å²) >= 11 is 0. The molecule has 0 amide bonds. The Labute approximate surface area is 63.5 Å². The molecule has 0 spiro atoms. The summed E-state index contributed by atoms with van der Waals surface area (Å²) in [5, 5.41) is 12.0. The topological polar surface area (TPSA) is 19.9 Å². The van der Waals surface area contributed by atoms with Gasteiger partial charge in [0.15, 0.2) is 0 Å². The summed E-state index contributed by atoms with van der Waals surface area (Å²) in [6.45, 7) is 1.75. The fraction of sp³-hybridized carbons (Fsp3) is 0.250. The molecule has 1 radical (unpaired) electrons. The van der Waals surface area contributed by atoms with Gasteiger partial charge in [0, 0.05) is 0 Å². The minimum atomic E-state index is -0.532. The van der Waals surface area contributed by atoms with Crippen LogP contribution < -0.4 is 5.19 Å². The zero-order valence-corrected chi connectivity index (χ0v) is 7.49. The number of benzene rings is 1. The molecule has 1 aromatic carbocycles. The van der Waals surface area contributed by atoms with Crippen molar-refractivity contribution in [2.24, 2.45) is 0 Å². The van der Waals surface area contributed by atoms with E-state index in [2.05, 4.69) is 0 Å². The van der Waals surface area contributed by atoms with Crippen LogP contribution in [0.3, 0.4) is 0 Å². The van der Waals surface area contributed by atoms with Crippen LogP contribution in [-0.4, -0.2) is 15.2 Å². The first-order valence-electron chi connectivity index (χ1n) is 3.49. The first kappa shape index (κ1) is 7.50. The summed E-state index contributed by atoms with van der Waals surface area (Å²) in [6.07, 6.45) is 0. The second-order valence-electron chi connectivity index (χ2n) is 2.50. The monoisotopic (exact) mass is 151 g/mol. The largest absolute Gasteiger partial charge is 0.238 e. The van der Waals surface area contributed by atoms with Crippen molar-refractivity contribution >= 4 is 14.7 Å². The molecule has 0 fully saturated rings. The zero-order chi connectivity index (χ0) is 7.40. The van der Waals surface area contributed by atoms with Gasteiger partial charge in [-0.3, -0.25) is 0 Å². The van der Waals surface area contributed by atoms with Crippen molar-refractivity contribution in [3.05, 3.63) is 30.3 Å². The molecule has 1 aromatic rings. The molecule has 53 valence electrons. The van der Waals surface area contributed by atoms with Gasteiger partial charge in [0.25, 0.3) is 0 Å². The van der Waals surface area contributed by atoms with Crippen LogP contribution in [0.4, 0.5) is 0 Å². The Hall–Kier alpha value is -0.603. The molecule has 1 atom stereocenters. The second-order valence-corrected chi connectivity index (χ2v) is 4.87. The lowest BCUT2D eigenvalue weighted by Gasteiger charge is -1.98. The van der Waals surface area contributed by atoms with Gasteiger partial charge in [-0.1, -0.05) is 35.5 Å². The predicted molar refractivity (Wildman–Crippen MR) is 44.8 cm³/mol. The molecule has 1 nitrogen and oxygen atoms in total. The van der Waals surface area contributed by atoms with E-state index in [1.54, 1.807) is 6.92 Å². The summed E-state index contributed by atoms with van der Waals surface area (Å²) < 4.78 is 0. The van der Waals surface area contributed by atoms with Gasteiger partial charge < -0.3 is 0 Å². The normalized spacial score (nSPS) is 14.2. The van der Waals surface area contributed by atoms with Crippen molar-refractivity contribution in [3.63, 3.8) is 0 Å². The third-order valence-electron chi connectivity index (χ3n) is 1.37. The van der Waals surface area contributed by atoms with Crippen LogP contribution in [0.5, 0.6) is 0 Å². The molecule has 0 aliphatic rings. The average molecular weight is 151 g/mol. The Morgan fingerprint density at radius 1 is 1.30 bits per heavy atom. The van der Waals surface area contributed by atoms with Gasteiger partial charge >= 0.3 is 0 Å². The van der Waals surface area contributed by atoms with E-state index in [4.69, 9.17) is 0 Å². The fourth-order valence-electron chi connectivity index (χ4n) is 0.946. The molecule has 1 rings (SSSR count). The summed E-state index contributed by atoms with van der Waals surface area (Å²) in [5.74, 6) is 0. The van der Waals surface area contributed by atoms with E-state index >= 15 is 0 Å². The number of rotatable bonds is 2. The van der Waals surface area contributed by atoms with Gasteiger partial charge in [-0.2, -0.15) is 0 Å². The minimum absolute atomic E-state index is 0.345. The zero-order valence-electron chi connectivity index (χ0n) is 6.08. The van der Waals surface area contributed by atoms with E-state index in [0.29, 0.717) is 0 Å². The maximum atomic E-state index is 10.8. The van der Waals surface area contributed by atoms with Gasteiger partial charge in [-0.15, -0.1) is 0 Å². The molecule has 0 aromatic heterocycles. The molecule has 0 heterocycles. The first-order valence-corrected chi connectivity index (χ1v) is 5.01. The third-order valence-corrected chi connectivity index (χ3v) is 2.88. The highest BCUT2D eigenvalue weighted by Crippen LogP contribution is 1.83. The Bertz CT molecular complexity index is 184. The Kier molecular flexibility index (Phi) is 2.65. The maximum absolute atomic E-state index is 10.8. The molecule has 2 heteroatoms. The van der Waals surface area contributed by atoms with Crippen LogP contribution in [0.15, 0.2) is 30.3 Å². The first-order chi connectivity index (χ1) is 4.79. The van der Waals surface area contributed by atoms with Gasteiger partial charge in [0.1, 0.15) is 0 Å². The summed E-state index contributed by atoms with van der Waals surface area (Å²) in [7, 11) is -0.532. The molecular weight excluding hydrogens is 140 g/mol. The lowest BCUT2D eigenvalue weighted by Crippen LogP contribution is -2.23. The van der Waals surface area contributed by atoms with E-state index < -0.39 is 9.52 Å². The van der Waals surface area contributed by atoms with Crippen LogP contribution >= 0.6 is 0 Å². The molecule has 0 N–H and O–H groups in total. The lowest BCUT2D eigenvalue weighted by molar-refractivity contribution is 0.172. The standard InChI is InChI=1S/C8H11OSi/c1-7(9)10-8-5-3-2-4-6-8/h2-7H,10H2,1H3. The second kappa shape index (κ2) is 3.54. The molecule has 0 bridgehead atoms. The highest BCUT2D eigenvalue weighted by molar-refractivity contribution is 6.54. The number of hydrogen-bond donors (Lipinski definition) is 0. The highest BCUT2D eigenvalue weighted by atomic mass is 28.2. The SMILES string of the molecule is CC([O])[SiH2]c1ccccc1. The molecule has 0 aliphatic carbocycles. The quantitative estimate of drug-likeness (QED) is 0.540. The minimum Gasteiger partial charge on any atom is -0.238 e. The van der Waals surface area contributed by atoms with Crippen molar-refractivity contribution in [3.8, 4) is 0 Å². The number of hydrogen-bond acceptors (Lipinski definition) is 0. The van der Waals surface area contributed by atoms with Crippen molar-refractivity contribution < 1.29 is 5.11 Å². The van der Waals surface area contributed by atoms with Gasteiger partial charge in [0.2, 0.25) is 0 Å². The Balaban J connectivity index is 2.59. The van der Waals surface area contributed by atoms with Crippen molar-refractivity contribution in [2.75, 3.05) is 0 Å². The molecule has 1 unspecified atom stereocenters. The Morgan fingerprint density at radius 2 is 1.90 bits per heavy atom. The van der Waals surface area contributed by atoms with Gasteiger partial charge in [-0.05, 0) is 6.92 Å². The van der Waals surface area contributed by atoms with E-state index in [1.165, 1.54) is 5.19 Å². The van der Waals surface area contributed by atoms with Crippen LogP contribution in [0.1, 0.15) is 6.92 Å². The van der Waals surface area contributed by atoms with Gasteiger partial charge in [0.05, 0.1) is 15.2 Å². The van der Waals surface area contributed by atoms with Crippen molar-refractivity contribution in [1.29, 1.82) is 0 Å². The van der Waals surface area contributed by atoms with E-state index in [9.17, 15) is 5.11 Å². The third kappa shape index (κ3) is 2.33. The highest BCUT2D eigenvalue weighted by Gasteiger charge is 1.98. The van der Waals surface area contributed by atoms with Crippen molar-refractivity contribution in [1.82, 2.24) is 0 Å². The van der Waals surface area contributed by atoms with Crippen LogP contribution in [0.2, 0.25) is 0 Å². The lowest BCUT2D eigenvalue weighted by atomic mass is 10.4. The summed E-state index contributed by atoms with van der Waals surface area (Å²) in [5.41, 5.74) is -0.345. The molecule has 0 saturated carbocycles. The van der Waals surface area contributed by atoms with E-state index in [-0.39, 0.29) is 5.73 Å². The van der Waals surface area contributed by atoms with Crippen LogP contribution in [0.25, 0.3) is 0 Å². The fourth-order valence-corrected chi connectivity index (χ4v) is 2.15. The van der Waals surface area contributed by atoms with Crippen molar-refractivity contribution in [2.45, 2.75) is 12.7 Å². The summed E-state index contributed by atoms with van der Waals surface area (Å²) in [6, 6.07) is 10.0. The smallest absolute Gasteiger partial charge is 0.0925 e. The molecular formula is C8H11OSi.